The minimum Gasteiger partial charge on any atom is -0.376 e. The highest BCUT2D eigenvalue weighted by molar-refractivity contribution is 6.33. The maximum absolute atomic E-state index is 13.0. The van der Waals surface area contributed by atoms with Gasteiger partial charge in [-0.2, -0.15) is 0 Å². The molecule has 0 aromatic heterocycles. The van der Waals surface area contributed by atoms with Crippen molar-refractivity contribution in [2.24, 2.45) is 5.41 Å². The van der Waals surface area contributed by atoms with Crippen molar-refractivity contribution in [2.75, 3.05) is 40.3 Å². The molecule has 2 aromatic rings. The maximum Gasteiger partial charge on any atom is 0.258 e. The van der Waals surface area contributed by atoms with Crippen LogP contribution >= 0.6 is 11.6 Å². The molecule has 1 atom stereocenters. The van der Waals surface area contributed by atoms with Crippen LogP contribution < -0.4 is 0 Å². The normalized spacial score (nSPS) is 22.0. The molecule has 1 spiro atoms. The number of nitrogens with zero attached hydrogens (tertiary/aromatic N) is 3. The van der Waals surface area contributed by atoms with Gasteiger partial charge in [0.1, 0.15) is 0 Å². The number of carbonyl (C=O) groups excluding carboxylic acids is 2. The van der Waals surface area contributed by atoms with Gasteiger partial charge in [-0.3, -0.25) is 9.59 Å². The van der Waals surface area contributed by atoms with Crippen molar-refractivity contribution >= 4 is 23.4 Å². The van der Waals surface area contributed by atoms with E-state index in [1.165, 1.54) is 5.56 Å². The molecule has 1 N–H and O–H groups in total. The van der Waals surface area contributed by atoms with E-state index in [-0.39, 0.29) is 17.2 Å². The summed E-state index contributed by atoms with van der Waals surface area (Å²) in [5, 5.41) is 11.4. The lowest BCUT2D eigenvalue weighted by atomic mass is 9.59. The van der Waals surface area contributed by atoms with E-state index in [9.17, 15) is 14.7 Å². The molecule has 6 nitrogen and oxygen atoms in total. The third-order valence-electron chi connectivity index (χ3n) is 8.58. The summed E-state index contributed by atoms with van der Waals surface area (Å²) in [6, 6.07) is 15.7. The van der Waals surface area contributed by atoms with Crippen LogP contribution in [0.4, 0.5) is 0 Å². The zero-order chi connectivity index (χ0) is 25.7. The Hall–Kier alpha value is -2.41. The van der Waals surface area contributed by atoms with Crippen molar-refractivity contribution in [3.8, 4) is 0 Å². The molecule has 2 saturated heterocycles. The smallest absolute Gasteiger partial charge is 0.258 e. The number of amides is 2. The summed E-state index contributed by atoms with van der Waals surface area (Å²) in [7, 11) is 3.47. The number of hydrogen-bond acceptors (Lipinski definition) is 4. The first-order valence-corrected chi connectivity index (χ1v) is 13.3. The molecule has 3 aliphatic rings. The van der Waals surface area contributed by atoms with Crippen LogP contribution in [0.2, 0.25) is 5.02 Å². The van der Waals surface area contributed by atoms with Crippen LogP contribution in [0.25, 0.3) is 0 Å². The summed E-state index contributed by atoms with van der Waals surface area (Å²) in [6.45, 7) is 5.22. The largest absolute Gasteiger partial charge is 0.376 e. The quantitative estimate of drug-likeness (QED) is 0.658. The molecular weight excluding hydrogens is 474 g/mol. The van der Waals surface area contributed by atoms with E-state index in [1.54, 1.807) is 25.9 Å². The summed E-state index contributed by atoms with van der Waals surface area (Å²) in [4.78, 5) is 31.2. The Morgan fingerprint density at radius 3 is 2.28 bits per heavy atom. The van der Waals surface area contributed by atoms with Gasteiger partial charge < -0.3 is 19.8 Å². The van der Waals surface area contributed by atoms with Crippen molar-refractivity contribution in [1.82, 2.24) is 14.7 Å². The predicted octanol–water partition coefficient (Wildman–Crippen LogP) is 4.12. The lowest BCUT2D eigenvalue weighted by Gasteiger charge is -2.62. The Labute approximate surface area is 218 Å². The lowest BCUT2D eigenvalue weighted by molar-refractivity contribution is -0.175. The molecule has 2 aliphatic heterocycles. The highest BCUT2D eigenvalue weighted by atomic mass is 35.5. The van der Waals surface area contributed by atoms with Crippen LogP contribution in [-0.4, -0.2) is 77.9 Å². The SMILES string of the molecule is CN(C)C(=O)c1ccc(C2CCN(C3CC4(C3)CN(C(=O)C(C)(O)c3ccccc3)C4)CC2)cc1Cl. The van der Waals surface area contributed by atoms with Gasteiger partial charge in [-0.25, -0.2) is 0 Å². The lowest BCUT2D eigenvalue weighted by Crippen LogP contribution is -2.69. The first-order chi connectivity index (χ1) is 17.1. The fraction of sp³-hybridized carbons (Fsp3) is 0.517. The third kappa shape index (κ3) is 4.55. The van der Waals surface area contributed by atoms with E-state index in [4.69, 9.17) is 11.6 Å². The zero-order valence-corrected chi connectivity index (χ0v) is 22.2. The number of likely N-dealkylation sites (tertiary alicyclic amines) is 2. The molecule has 7 heteroatoms. The average molecular weight is 510 g/mol. The van der Waals surface area contributed by atoms with Crippen molar-refractivity contribution in [3.05, 3.63) is 70.2 Å². The van der Waals surface area contributed by atoms with Crippen LogP contribution in [-0.2, 0) is 10.4 Å². The zero-order valence-electron chi connectivity index (χ0n) is 21.4. The summed E-state index contributed by atoms with van der Waals surface area (Å²) < 4.78 is 0. The predicted molar refractivity (Wildman–Crippen MR) is 141 cm³/mol. The Morgan fingerprint density at radius 2 is 1.69 bits per heavy atom. The van der Waals surface area contributed by atoms with Gasteiger partial charge in [0.25, 0.3) is 11.8 Å². The third-order valence-corrected chi connectivity index (χ3v) is 8.89. The number of hydrogen-bond donors (Lipinski definition) is 1. The number of halogens is 1. The van der Waals surface area contributed by atoms with Crippen LogP contribution in [0.15, 0.2) is 48.5 Å². The summed E-state index contributed by atoms with van der Waals surface area (Å²) in [5.74, 6) is 0.203. The molecule has 2 amide bonds. The number of carbonyl (C=O) groups is 2. The molecule has 192 valence electrons. The van der Waals surface area contributed by atoms with Crippen molar-refractivity contribution in [1.29, 1.82) is 0 Å². The van der Waals surface area contributed by atoms with Crippen molar-refractivity contribution in [3.63, 3.8) is 0 Å². The maximum atomic E-state index is 13.0. The Kier molecular flexibility index (Phi) is 6.64. The Balaban J connectivity index is 1.10. The number of benzene rings is 2. The molecular formula is C29H36ClN3O3. The van der Waals surface area contributed by atoms with Gasteiger partial charge in [0.2, 0.25) is 0 Å². The van der Waals surface area contributed by atoms with E-state index < -0.39 is 5.60 Å². The average Bonchev–Trinajstić information content (AvgIpc) is 2.82. The molecule has 5 rings (SSSR count). The fourth-order valence-corrected chi connectivity index (χ4v) is 6.62. The minimum atomic E-state index is -1.48. The molecule has 3 fully saturated rings. The summed E-state index contributed by atoms with van der Waals surface area (Å²) in [6.07, 6.45) is 4.43. The highest BCUT2D eigenvalue weighted by Crippen LogP contribution is 2.51. The van der Waals surface area contributed by atoms with E-state index in [0.717, 1.165) is 51.9 Å². The second-order valence-corrected chi connectivity index (χ2v) is 11.8. The molecule has 2 aromatic carbocycles. The number of aliphatic hydroxyl groups is 1. The van der Waals surface area contributed by atoms with Gasteiger partial charge in [0.15, 0.2) is 5.60 Å². The second-order valence-electron chi connectivity index (χ2n) is 11.4. The fourth-order valence-electron chi connectivity index (χ4n) is 6.35. The number of rotatable bonds is 5. The van der Waals surface area contributed by atoms with Gasteiger partial charge in [0, 0.05) is 38.6 Å². The molecule has 0 bridgehead atoms. The van der Waals surface area contributed by atoms with Crippen molar-refractivity contribution in [2.45, 2.75) is 50.2 Å². The first-order valence-electron chi connectivity index (χ1n) is 12.9. The molecule has 2 heterocycles. The standard InChI is InChI=1S/C29H36ClN3O3/c1-28(36,22-7-5-4-6-8-22)27(35)33-18-29(19-33)16-23(17-29)32-13-11-20(12-14-32)21-9-10-24(25(30)15-21)26(34)31(2)3/h4-10,15,20,23,36H,11-14,16-19H2,1-3H3. The topological polar surface area (TPSA) is 64.1 Å². The molecule has 36 heavy (non-hydrogen) atoms. The Morgan fingerprint density at radius 1 is 1.06 bits per heavy atom. The van der Waals surface area contributed by atoms with E-state index in [2.05, 4.69) is 11.0 Å². The summed E-state index contributed by atoms with van der Waals surface area (Å²) in [5.41, 5.74) is 1.17. The van der Waals surface area contributed by atoms with E-state index in [1.807, 2.05) is 47.4 Å². The molecule has 1 saturated carbocycles. The Bertz CT molecular complexity index is 1130. The van der Waals surface area contributed by atoms with Crippen LogP contribution in [0.1, 0.15) is 60.0 Å². The van der Waals surface area contributed by atoms with Gasteiger partial charge in [0.05, 0.1) is 10.6 Å². The van der Waals surface area contributed by atoms with Crippen molar-refractivity contribution < 1.29 is 14.7 Å². The van der Waals surface area contributed by atoms with Gasteiger partial charge >= 0.3 is 0 Å². The minimum absolute atomic E-state index is 0.0692. The van der Waals surface area contributed by atoms with Gasteiger partial charge in [-0.15, -0.1) is 0 Å². The van der Waals surface area contributed by atoms with Crippen LogP contribution in [0.5, 0.6) is 0 Å². The molecule has 1 unspecified atom stereocenters. The first kappa shape index (κ1) is 25.2. The summed E-state index contributed by atoms with van der Waals surface area (Å²) >= 11 is 6.45. The molecule has 0 radical (unpaired) electrons. The highest BCUT2D eigenvalue weighted by Gasteiger charge is 2.56. The monoisotopic (exact) mass is 509 g/mol. The van der Waals surface area contributed by atoms with Gasteiger partial charge in [-0.1, -0.05) is 48.0 Å². The van der Waals surface area contributed by atoms with E-state index >= 15 is 0 Å². The van der Waals surface area contributed by atoms with Crippen LogP contribution in [0, 0.1) is 5.41 Å². The van der Waals surface area contributed by atoms with E-state index in [0.29, 0.717) is 28.1 Å². The second kappa shape index (κ2) is 9.47. The van der Waals surface area contributed by atoms with Crippen LogP contribution in [0.3, 0.4) is 0 Å². The van der Waals surface area contributed by atoms with Gasteiger partial charge in [-0.05, 0) is 74.9 Å². The molecule has 1 aliphatic carbocycles. The number of piperidine rings is 1.